The summed E-state index contributed by atoms with van der Waals surface area (Å²) in [6, 6.07) is 10.0. The van der Waals surface area contributed by atoms with Crippen molar-refractivity contribution in [3.05, 3.63) is 46.6 Å². The molecule has 1 aromatic carbocycles. The molecular formula is C27H37N5O4S. The molecule has 1 aliphatic carbocycles. The van der Waals surface area contributed by atoms with E-state index >= 15 is 0 Å². The number of ether oxygens (including phenoxy) is 1. The highest BCUT2D eigenvalue weighted by Gasteiger charge is 2.32. The Morgan fingerprint density at radius 1 is 1.32 bits per heavy atom. The van der Waals surface area contributed by atoms with Crippen molar-refractivity contribution in [2.45, 2.75) is 58.0 Å². The quantitative estimate of drug-likeness (QED) is 0.269. The van der Waals surface area contributed by atoms with Crippen molar-refractivity contribution < 1.29 is 17.9 Å². The van der Waals surface area contributed by atoms with E-state index in [2.05, 4.69) is 21.0 Å². The summed E-state index contributed by atoms with van der Waals surface area (Å²) < 4.78 is 30.9. The molecule has 1 heterocycles. The number of unbranched alkanes of at least 4 members (excludes halogenated alkanes) is 1. The number of amides is 1. The van der Waals surface area contributed by atoms with E-state index < -0.39 is 10.0 Å². The standard InChI is InChI=1S/C27H37N5O4S/c1-19(29-18-33)17-32(12-5-6-13-36-3)27-24(15-28)20(2)25(26(31-27)22-10-11-22)23-9-7-8-21(14-23)16-30-37(4,34)35/h7-9,14,18-19,22,30H,5-6,10-13,16-17H2,1-4H3,(H,29,33). The van der Waals surface area contributed by atoms with Crippen LogP contribution in [0.3, 0.4) is 0 Å². The van der Waals surface area contributed by atoms with Gasteiger partial charge in [-0.25, -0.2) is 18.1 Å². The number of methoxy groups -OCH3 is 1. The fraction of sp³-hybridized carbons (Fsp3) is 0.519. The van der Waals surface area contributed by atoms with Gasteiger partial charge in [-0.15, -0.1) is 0 Å². The first-order valence-electron chi connectivity index (χ1n) is 12.6. The molecule has 37 heavy (non-hydrogen) atoms. The van der Waals surface area contributed by atoms with Gasteiger partial charge in [0, 0.05) is 50.9 Å². The van der Waals surface area contributed by atoms with Crippen molar-refractivity contribution in [2.75, 3.05) is 38.0 Å². The third-order valence-corrected chi connectivity index (χ3v) is 7.13. The zero-order chi connectivity index (χ0) is 27.0. The molecule has 200 valence electrons. The van der Waals surface area contributed by atoms with Crippen LogP contribution in [-0.2, 0) is 26.1 Å². The van der Waals surface area contributed by atoms with Gasteiger partial charge in [0.2, 0.25) is 16.4 Å². The maximum atomic E-state index is 11.6. The number of sulfonamides is 1. The van der Waals surface area contributed by atoms with E-state index in [4.69, 9.17) is 9.72 Å². The number of hydrogen-bond acceptors (Lipinski definition) is 7. The summed E-state index contributed by atoms with van der Waals surface area (Å²) in [4.78, 5) is 18.3. The van der Waals surface area contributed by atoms with Gasteiger partial charge in [-0.05, 0) is 62.3 Å². The van der Waals surface area contributed by atoms with Crippen molar-refractivity contribution in [1.82, 2.24) is 15.0 Å². The Balaban J connectivity index is 2.06. The van der Waals surface area contributed by atoms with Gasteiger partial charge >= 0.3 is 0 Å². The second-order valence-electron chi connectivity index (χ2n) is 9.71. The average molecular weight is 528 g/mol. The fourth-order valence-electron chi connectivity index (χ4n) is 4.47. The minimum absolute atomic E-state index is 0.114. The molecule has 2 aromatic rings. The lowest BCUT2D eigenvalue weighted by atomic mass is 9.92. The molecule has 0 saturated heterocycles. The van der Waals surface area contributed by atoms with Crippen LogP contribution in [0.15, 0.2) is 24.3 Å². The van der Waals surface area contributed by atoms with Gasteiger partial charge in [0.1, 0.15) is 11.9 Å². The summed E-state index contributed by atoms with van der Waals surface area (Å²) in [5.41, 5.74) is 5.05. The SMILES string of the molecule is COCCCCN(CC(C)NC=O)c1nc(C2CC2)c(-c2cccc(CNS(C)(=O)=O)c2)c(C)c1C#N. The van der Waals surface area contributed by atoms with Crippen LogP contribution in [0, 0.1) is 18.3 Å². The maximum Gasteiger partial charge on any atom is 0.209 e. The Kier molecular flexibility index (Phi) is 10.0. The number of benzene rings is 1. The predicted molar refractivity (Wildman–Crippen MR) is 145 cm³/mol. The Hall–Kier alpha value is -3.00. The number of carbonyl (C=O) groups excluding carboxylic acids is 1. The smallest absolute Gasteiger partial charge is 0.209 e. The molecule has 1 saturated carbocycles. The molecule has 0 bridgehead atoms. The Bertz CT molecular complexity index is 1240. The molecular weight excluding hydrogens is 490 g/mol. The number of rotatable bonds is 15. The largest absolute Gasteiger partial charge is 0.385 e. The molecule has 3 rings (SSSR count). The molecule has 0 radical (unpaired) electrons. The number of nitrogens with zero attached hydrogens (tertiary/aromatic N) is 3. The van der Waals surface area contributed by atoms with Crippen LogP contribution in [0.4, 0.5) is 5.82 Å². The summed E-state index contributed by atoms with van der Waals surface area (Å²) in [7, 11) is -1.64. The molecule has 1 unspecified atom stereocenters. The van der Waals surface area contributed by atoms with E-state index in [1.165, 1.54) is 0 Å². The predicted octanol–water partition coefficient (Wildman–Crippen LogP) is 3.22. The highest BCUT2D eigenvalue weighted by Crippen LogP contribution is 2.46. The molecule has 1 amide bonds. The number of nitrogens with one attached hydrogen (secondary N) is 2. The normalized spacial score (nSPS) is 14.1. The topological polar surface area (TPSA) is 124 Å². The maximum absolute atomic E-state index is 11.6. The Morgan fingerprint density at radius 3 is 2.70 bits per heavy atom. The van der Waals surface area contributed by atoms with Crippen LogP contribution in [-0.4, -0.2) is 58.9 Å². The Labute approximate surface area is 220 Å². The lowest BCUT2D eigenvalue weighted by molar-refractivity contribution is -0.110. The number of aromatic nitrogens is 1. The van der Waals surface area contributed by atoms with Crippen LogP contribution in [0.25, 0.3) is 11.1 Å². The molecule has 1 atom stereocenters. The van der Waals surface area contributed by atoms with Gasteiger partial charge < -0.3 is 15.0 Å². The first-order valence-corrected chi connectivity index (χ1v) is 14.5. The van der Waals surface area contributed by atoms with Gasteiger partial charge in [-0.3, -0.25) is 4.79 Å². The molecule has 2 N–H and O–H groups in total. The summed E-state index contributed by atoms with van der Waals surface area (Å²) in [6.45, 7) is 5.96. The number of hydrogen-bond donors (Lipinski definition) is 2. The van der Waals surface area contributed by atoms with Crippen LogP contribution < -0.4 is 14.9 Å². The molecule has 0 spiro atoms. The van der Waals surface area contributed by atoms with E-state index in [0.717, 1.165) is 59.9 Å². The summed E-state index contributed by atoms with van der Waals surface area (Å²) in [6.07, 6.45) is 5.66. The second-order valence-corrected chi connectivity index (χ2v) is 11.5. The van der Waals surface area contributed by atoms with Crippen LogP contribution in [0.2, 0.25) is 0 Å². The Morgan fingerprint density at radius 2 is 2.08 bits per heavy atom. The van der Waals surface area contributed by atoms with E-state index in [0.29, 0.717) is 43.4 Å². The fourth-order valence-corrected chi connectivity index (χ4v) is 4.90. The van der Waals surface area contributed by atoms with Gasteiger partial charge in [-0.2, -0.15) is 5.26 Å². The monoisotopic (exact) mass is 527 g/mol. The number of carbonyl (C=O) groups is 1. The highest BCUT2D eigenvalue weighted by molar-refractivity contribution is 7.88. The number of anilines is 1. The number of nitriles is 1. The van der Waals surface area contributed by atoms with E-state index in [1.54, 1.807) is 7.11 Å². The van der Waals surface area contributed by atoms with Crippen LogP contribution in [0.1, 0.15) is 60.9 Å². The second kappa shape index (κ2) is 13.0. The van der Waals surface area contributed by atoms with Crippen LogP contribution in [0.5, 0.6) is 0 Å². The van der Waals surface area contributed by atoms with Crippen LogP contribution >= 0.6 is 0 Å². The summed E-state index contributed by atoms with van der Waals surface area (Å²) in [5.74, 6) is 0.969. The molecule has 1 aromatic heterocycles. The molecule has 10 heteroatoms. The summed E-state index contributed by atoms with van der Waals surface area (Å²) >= 11 is 0. The first kappa shape index (κ1) is 28.6. The van der Waals surface area contributed by atoms with E-state index in [9.17, 15) is 18.5 Å². The van der Waals surface area contributed by atoms with Crippen molar-refractivity contribution in [3.8, 4) is 17.2 Å². The molecule has 0 aliphatic heterocycles. The number of pyridine rings is 1. The molecule has 1 fully saturated rings. The van der Waals surface area contributed by atoms with Gasteiger partial charge in [0.05, 0.1) is 17.5 Å². The van der Waals surface area contributed by atoms with Gasteiger partial charge in [-0.1, -0.05) is 18.2 Å². The third-order valence-electron chi connectivity index (χ3n) is 6.46. The van der Waals surface area contributed by atoms with Gasteiger partial charge in [0.15, 0.2) is 0 Å². The minimum Gasteiger partial charge on any atom is -0.385 e. The summed E-state index contributed by atoms with van der Waals surface area (Å²) in [5, 5.41) is 13.1. The van der Waals surface area contributed by atoms with Crippen molar-refractivity contribution in [3.63, 3.8) is 0 Å². The van der Waals surface area contributed by atoms with Crippen molar-refractivity contribution in [2.24, 2.45) is 0 Å². The third kappa shape index (κ3) is 7.99. The lowest BCUT2D eigenvalue weighted by Crippen LogP contribution is -2.40. The zero-order valence-corrected chi connectivity index (χ0v) is 22.9. The van der Waals surface area contributed by atoms with E-state index in [-0.39, 0.29) is 12.6 Å². The molecule has 1 aliphatic rings. The zero-order valence-electron chi connectivity index (χ0n) is 22.1. The van der Waals surface area contributed by atoms with Crippen molar-refractivity contribution >= 4 is 22.3 Å². The van der Waals surface area contributed by atoms with Gasteiger partial charge in [0.25, 0.3) is 0 Å². The molecule has 9 nitrogen and oxygen atoms in total. The highest BCUT2D eigenvalue weighted by atomic mass is 32.2. The lowest BCUT2D eigenvalue weighted by Gasteiger charge is -2.29. The average Bonchev–Trinajstić information content (AvgIpc) is 3.69. The minimum atomic E-state index is -3.32. The first-order chi connectivity index (χ1) is 17.7. The van der Waals surface area contributed by atoms with Crippen molar-refractivity contribution in [1.29, 1.82) is 5.26 Å². The van der Waals surface area contributed by atoms with E-state index in [1.807, 2.05) is 38.1 Å².